The number of rotatable bonds is 14. The first kappa shape index (κ1) is 50.2. The Hall–Kier alpha value is -9.24. The lowest BCUT2D eigenvalue weighted by molar-refractivity contribution is -0.135. The molecule has 0 spiro atoms. The van der Waals surface area contributed by atoms with E-state index in [0.717, 1.165) is 32.7 Å². The molecule has 73 heavy (non-hydrogen) atoms. The van der Waals surface area contributed by atoms with Crippen LogP contribution in [0, 0.1) is 11.6 Å². The predicted octanol–water partition coefficient (Wildman–Crippen LogP) is 5.39. The van der Waals surface area contributed by atoms with Gasteiger partial charge in [0.25, 0.3) is 22.9 Å². The van der Waals surface area contributed by atoms with Crippen LogP contribution in [-0.2, 0) is 33.8 Å². The van der Waals surface area contributed by atoms with E-state index in [1.165, 1.54) is 43.7 Å². The minimum Gasteiger partial charge on any atom is -0.505 e. The van der Waals surface area contributed by atoms with E-state index in [9.17, 15) is 47.8 Å². The monoisotopic (exact) mass is 997 g/mol. The van der Waals surface area contributed by atoms with Gasteiger partial charge in [0, 0.05) is 55.5 Å². The lowest BCUT2D eigenvalue weighted by Crippen LogP contribution is -2.50. The fourth-order valence-electron chi connectivity index (χ4n) is 7.79. The van der Waals surface area contributed by atoms with E-state index >= 15 is 0 Å². The molecule has 6 N–H and O–H groups in total. The maximum absolute atomic E-state index is 13.6. The Bertz CT molecular complexity index is 3560. The van der Waals surface area contributed by atoms with Crippen molar-refractivity contribution in [1.82, 2.24) is 29.7 Å². The van der Waals surface area contributed by atoms with Crippen molar-refractivity contribution in [2.45, 2.75) is 45.8 Å². The van der Waals surface area contributed by atoms with Crippen molar-refractivity contribution in [2.24, 2.45) is 5.73 Å². The lowest BCUT2D eigenvalue weighted by Gasteiger charge is -2.27. The fourth-order valence-corrected chi connectivity index (χ4v) is 7.79. The normalized spacial score (nSPS) is 12.3. The zero-order valence-corrected chi connectivity index (χ0v) is 39.4. The summed E-state index contributed by atoms with van der Waals surface area (Å²) in [6.45, 7) is 5.22. The molecular formula is C52H45F2N7O12. The Kier molecular flexibility index (Phi) is 14.2. The molecule has 2 amide bonds. The molecule has 0 aliphatic carbocycles. The van der Waals surface area contributed by atoms with Crippen molar-refractivity contribution >= 4 is 58.2 Å². The molecule has 21 heteroatoms. The van der Waals surface area contributed by atoms with Gasteiger partial charge in [0.1, 0.15) is 45.9 Å². The summed E-state index contributed by atoms with van der Waals surface area (Å²) in [6, 6.07) is 20.7. The maximum atomic E-state index is 13.6. The topological polar surface area (TPSA) is 266 Å². The highest BCUT2D eigenvalue weighted by Gasteiger charge is 2.34. The summed E-state index contributed by atoms with van der Waals surface area (Å²) >= 11 is 0. The van der Waals surface area contributed by atoms with E-state index in [1.54, 1.807) is 45.0 Å². The van der Waals surface area contributed by atoms with Gasteiger partial charge in [0.2, 0.25) is 11.5 Å². The van der Waals surface area contributed by atoms with Gasteiger partial charge >= 0.3 is 11.9 Å². The SMILES string of the molecule is CCOC(=O)c1c(OCc2ccccc2)c2ncc(Cc3ccc(F)cc3)c3c2n(c1=O)C=C(C(=O)O)O3.CNC(=O)c1c(O)c2ncc(Cc3ccc(F)cc3)c3c2n(c1=O)C=C(C(=O)NC(C)(C)CN)O3. The molecule has 2 aliphatic heterocycles. The van der Waals surface area contributed by atoms with Gasteiger partial charge in [0.15, 0.2) is 28.6 Å². The average Bonchev–Trinajstić information content (AvgIpc) is 3.38. The Morgan fingerprint density at radius 3 is 1.79 bits per heavy atom. The number of aromatic nitrogens is 4. The minimum absolute atomic E-state index is 0.00302. The van der Waals surface area contributed by atoms with Crippen LogP contribution in [0.15, 0.2) is 112 Å². The van der Waals surface area contributed by atoms with Crippen LogP contribution in [0.3, 0.4) is 0 Å². The number of hydrogen-bond acceptors (Lipinski definition) is 14. The molecule has 0 fully saturated rings. The average molecular weight is 998 g/mol. The molecule has 374 valence electrons. The van der Waals surface area contributed by atoms with Crippen molar-refractivity contribution in [3.8, 4) is 23.0 Å². The Balaban J connectivity index is 0.000000196. The van der Waals surface area contributed by atoms with Crippen molar-refractivity contribution in [1.29, 1.82) is 0 Å². The largest absolute Gasteiger partial charge is 0.505 e. The van der Waals surface area contributed by atoms with Crippen LogP contribution in [0.4, 0.5) is 8.78 Å². The predicted molar refractivity (Wildman–Crippen MR) is 261 cm³/mol. The number of benzene rings is 3. The number of esters is 1. The van der Waals surface area contributed by atoms with Gasteiger partial charge in [-0.2, -0.15) is 0 Å². The van der Waals surface area contributed by atoms with Gasteiger partial charge < -0.3 is 45.5 Å². The molecule has 4 aromatic heterocycles. The molecule has 19 nitrogen and oxygen atoms in total. The summed E-state index contributed by atoms with van der Waals surface area (Å²) in [5.74, 6) is -5.88. The van der Waals surface area contributed by atoms with Crippen LogP contribution < -0.4 is 41.7 Å². The van der Waals surface area contributed by atoms with Crippen LogP contribution in [0.5, 0.6) is 23.0 Å². The van der Waals surface area contributed by atoms with E-state index < -0.39 is 74.7 Å². The second kappa shape index (κ2) is 20.6. The zero-order chi connectivity index (χ0) is 52.3. The van der Waals surface area contributed by atoms with Gasteiger partial charge in [0.05, 0.1) is 19.0 Å². The number of carboxylic acid groups (broad SMARTS) is 1. The number of nitrogens with one attached hydrogen (secondary N) is 2. The third kappa shape index (κ3) is 10.2. The lowest BCUT2D eigenvalue weighted by atomic mass is 10.0. The smallest absolute Gasteiger partial charge is 0.373 e. The zero-order valence-electron chi connectivity index (χ0n) is 39.4. The first-order valence-corrected chi connectivity index (χ1v) is 22.4. The van der Waals surface area contributed by atoms with Gasteiger partial charge in [-0.25, -0.2) is 18.4 Å². The molecule has 9 rings (SSSR count). The van der Waals surface area contributed by atoms with E-state index in [0.29, 0.717) is 16.7 Å². The number of carbonyl (C=O) groups excluding carboxylic acids is 3. The third-order valence-electron chi connectivity index (χ3n) is 11.5. The minimum atomic E-state index is -1.41. The molecule has 6 heterocycles. The molecule has 0 saturated heterocycles. The number of aliphatic carboxylic acids is 1. The summed E-state index contributed by atoms with van der Waals surface area (Å²) in [7, 11) is 1.32. The van der Waals surface area contributed by atoms with E-state index in [2.05, 4.69) is 20.6 Å². The Morgan fingerprint density at radius 1 is 0.740 bits per heavy atom. The molecule has 0 radical (unpaired) electrons. The van der Waals surface area contributed by atoms with Crippen LogP contribution in [0.2, 0.25) is 0 Å². The van der Waals surface area contributed by atoms with E-state index in [1.807, 2.05) is 30.3 Å². The molecule has 0 saturated carbocycles. The molecule has 0 atom stereocenters. The first-order chi connectivity index (χ1) is 34.9. The maximum Gasteiger partial charge on any atom is 0.373 e. The highest BCUT2D eigenvalue weighted by atomic mass is 19.1. The van der Waals surface area contributed by atoms with Crippen LogP contribution in [-0.4, -0.2) is 78.8 Å². The third-order valence-corrected chi connectivity index (χ3v) is 11.5. The van der Waals surface area contributed by atoms with E-state index in [-0.39, 0.29) is 77.7 Å². The number of nitrogens with two attached hydrogens (primary N) is 1. The van der Waals surface area contributed by atoms with Crippen molar-refractivity contribution in [2.75, 3.05) is 20.2 Å². The summed E-state index contributed by atoms with van der Waals surface area (Å²) in [5, 5.41) is 25.4. The molecule has 2 aliphatic rings. The van der Waals surface area contributed by atoms with Gasteiger partial charge in [-0.1, -0.05) is 54.6 Å². The summed E-state index contributed by atoms with van der Waals surface area (Å²) in [4.78, 5) is 85.8. The number of hydrogen-bond donors (Lipinski definition) is 5. The number of aromatic hydroxyl groups is 1. The molecule has 3 aromatic carbocycles. The van der Waals surface area contributed by atoms with Gasteiger partial charge in [-0.3, -0.25) is 38.3 Å². The number of amides is 2. The Labute approximate surface area is 412 Å². The molecule has 7 aromatic rings. The summed E-state index contributed by atoms with van der Waals surface area (Å²) in [6.07, 6.45) is 5.44. The molecule has 0 bridgehead atoms. The number of carbonyl (C=O) groups is 4. The highest BCUT2D eigenvalue weighted by Crippen LogP contribution is 2.40. The first-order valence-electron chi connectivity index (χ1n) is 22.4. The number of pyridine rings is 4. The van der Waals surface area contributed by atoms with Gasteiger partial charge in [-0.05, 0) is 61.7 Å². The number of halogens is 2. The second-order valence-corrected chi connectivity index (χ2v) is 17.1. The Morgan fingerprint density at radius 2 is 1.26 bits per heavy atom. The molecule has 0 unspecified atom stereocenters. The number of carboxylic acids is 1. The second-order valence-electron chi connectivity index (χ2n) is 17.1. The quantitative estimate of drug-likeness (QED) is 0.0855. The number of nitrogens with zero attached hydrogens (tertiary/aromatic N) is 4. The summed E-state index contributed by atoms with van der Waals surface area (Å²) < 4.78 is 51.7. The van der Waals surface area contributed by atoms with Crippen LogP contribution in [0.1, 0.15) is 69.3 Å². The number of ether oxygens (including phenoxy) is 4. The highest BCUT2D eigenvalue weighted by molar-refractivity contribution is 6.05. The fraction of sp³-hybridized carbons (Fsp3) is 0.192. The van der Waals surface area contributed by atoms with Gasteiger partial charge in [-0.15, -0.1) is 0 Å². The van der Waals surface area contributed by atoms with Crippen molar-refractivity contribution in [3.63, 3.8) is 0 Å². The summed E-state index contributed by atoms with van der Waals surface area (Å²) in [5.41, 5.74) is 5.72. The van der Waals surface area contributed by atoms with Crippen molar-refractivity contribution < 1.29 is 57.1 Å². The van der Waals surface area contributed by atoms with Crippen LogP contribution in [0.25, 0.3) is 34.5 Å². The van der Waals surface area contributed by atoms with Crippen molar-refractivity contribution in [3.05, 3.63) is 174 Å². The standard InChI is InChI=1S/C28H21FN2O7.C24H24FN5O5/c1-2-36-28(35)21-25(37-15-17-6-4-3-5-7-17)22-23-24(38-20(27(33)34)14-31(23)26(21)32)18(13-30-22)12-16-8-10-19(29)11-9-16;1-24(2,11-26)29-21(32)15-10-30-18-17(19(31)16(23(30)34)22(33)27-3)28-9-13(20(18)35-15)8-12-4-6-14(25)7-5-12/h3-11,13-14H,2,12,15H2,1H3,(H,33,34);4-7,9-10,31H,8,11,26H2,1-3H3,(H,27,33)(H,29,32). The van der Waals surface area contributed by atoms with E-state index in [4.69, 9.17) is 24.7 Å². The molecular weight excluding hydrogens is 953 g/mol. The van der Waals surface area contributed by atoms with Crippen LogP contribution >= 0.6 is 0 Å².